The fourth-order valence-corrected chi connectivity index (χ4v) is 1.66. The van der Waals surface area contributed by atoms with Crippen LogP contribution in [-0.2, 0) is 9.53 Å². The van der Waals surface area contributed by atoms with Gasteiger partial charge in [0, 0.05) is 5.56 Å². The zero-order chi connectivity index (χ0) is 14.2. The molecule has 2 aromatic carbocycles. The number of esters is 1. The quantitative estimate of drug-likeness (QED) is 0.515. The van der Waals surface area contributed by atoms with Gasteiger partial charge in [0.1, 0.15) is 0 Å². The van der Waals surface area contributed by atoms with Crippen LogP contribution in [0.25, 0.3) is 0 Å². The van der Waals surface area contributed by atoms with Gasteiger partial charge in [-0.1, -0.05) is 48.5 Å². The first-order valence-corrected chi connectivity index (χ1v) is 6.42. The zero-order valence-electron chi connectivity index (χ0n) is 11.2. The van der Waals surface area contributed by atoms with Crippen LogP contribution in [0.15, 0.2) is 65.8 Å². The van der Waals surface area contributed by atoms with Crippen LogP contribution in [0.3, 0.4) is 0 Å². The van der Waals surface area contributed by atoms with E-state index in [2.05, 4.69) is 10.5 Å². The van der Waals surface area contributed by atoms with Crippen molar-refractivity contribution in [2.75, 3.05) is 12.0 Å². The molecule has 1 N–H and O–H groups in total. The van der Waals surface area contributed by atoms with Crippen molar-refractivity contribution in [3.63, 3.8) is 0 Å². The van der Waals surface area contributed by atoms with E-state index < -0.39 is 5.97 Å². The van der Waals surface area contributed by atoms with E-state index in [0.717, 1.165) is 11.3 Å². The van der Waals surface area contributed by atoms with Crippen molar-refractivity contribution in [2.45, 2.75) is 6.92 Å². The van der Waals surface area contributed by atoms with E-state index >= 15 is 0 Å². The molecule has 20 heavy (non-hydrogen) atoms. The second-order valence-electron chi connectivity index (χ2n) is 4.02. The van der Waals surface area contributed by atoms with Gasteiger partial charge >= 0.3 is 5.97 Å². The molecular weight excluding hydrogens is 252 g/mol. The molecule has 0 bridgehead atoms. The summed E-state index contributed by atoms with van der Waals surface area (Å²) in [4.78, 5) is 12.0. The van der Waals surface area contributed by atoms with Gasteiger partial charge in [-0.05, 0) is 19.1 Å². The van der Waals surface area contributed by atoms with Crippen LogP contribution >= 0.6 is 0 Å². The highest BCUT2D eigenvalue weighted by Gasteiger charge is 2.15. The molecule has 0 unspecified atom stereocenters. The Morgan fingerprint density at radius 2 is 1.65 bits per heavy atom. The molecule has 4 heteroatoms. The maximum absolute atomic E-state index is 12.0. The third-order valence-electron chi connectivity index (χ3n) is 2.59. The predicted molar refractivity (Wildman–Crippen MR) is 79.7 cm³/mol. The lowest BCUT2D eigenvalue weighted by Gasteiger charge is -2.07. The van der Waals surface area contributed by atoms with Crippen LogP contribution in [0.2, 0.25) is 0 Å². The van der Waals surface area contributed by atoms with E-state index in [4.69, 9.17) is 4.74 Å². The van der Waals surface area contributed by atoms with Crippen molar-refractivity contribution in [2.24, 2.45) is 5.10 Å². The summed E-state index contributed by atoms with van der Waals surface area (Å²) in [5, 5.41) is 4.17. The van der Waals surface area contributed by atoms with Crippen molar-refractivity contribution >= 4 is 17.4 Å². The number of carbonyl (C=O) groups excluding carboxylic acids is 1. The van der Waals surface area contributed by atoms with Crippen LogP contribution in [-0.4, -0.2) is 18.3 Å². The van der Waals surface area contributed by atoms with Crippen LogP contribution in [0.4, 0.5) is 5.69 Å². The molecule has 0 aliphatic carbocycles. The largest absolute Gasteiger partial charge is 0.461 e. The molecule has 0 spiro atoms. The first-order valence-electron chi connectivity index (χ1n) is 6.42. The lowest BCUT2D eigenvalue weighted by Crippen LogP contribution is -2.20. The maximum Gasteiger partial charge on any atom is 0.359 e. The molecule has 0 aliphatic rings. The number of hydrogen-bond acceptors (Lipinski definition) is 4. The van der Waals surface area contributed by atoms with Crippen molar-refractivity contribution in [1.82, 2.24) is 0 Å². The Balaban J connectivity index is 2.25. The van der Waals surface area contributed by atoms with E-state index in [1.165, 1.54) is 0 Å². The SMILES string of the molecule is CCOC(=O)/C(=N\Nc1ccccc1)c1ccccc1. The van der Waals surface area contributed by atoms with Crippen LogP contribution in [0.5, 0.6) is 0 Å². The van der Waals surface area contributed by atoms with Crippen LogP contribution in [0, 0.1) is 0 Å². The highest BCUT2D eigenvalue weighted by atomic mass is 16.5. The Morgan fingerprint density at radius 1 is 1.05 bits per heavy atom. The molecule has 0 aliphatic heterocycles. The van der Waals surface area contributed by atoms with Crippen molar-refractivity contribution in [1.29, 1.82) is 0 Å². The minimum Gasteiger partial charge on any atom is -0.461 e. The summed E-state index contributed by atoms with van der Waals surface area (Å²) < 4.78 is 5.04. The van der Waals surface area contributed by atoms with Crippen molar-refractivity contribution in [3.8, 4) is 0 Å². The number of nitrogens with zero attached hydrogens (tertiary/aromatic N) is 1. The summed E-state index contributed by atoms with van der Waals surface area (Å²) in [5.74, 6) is -0.442. The summed E-state index contributed by atoms with van der Waals surface area (Å²) in [5.41, 5.74) is 4.66. The average molecular weight is 268 g/mol. The number of carbonyl (C=O) groups is 1. The van der Waals surface area contributed by atoms with Gasteiger partial charge in [0.15, 0.2) is 5.71 Å². The molecule has 0 saturated heterocycles. The lowest BCUT2D eigenvalue weighted by molar-refractivity contribution is -0.134. The molecule has 0 amide bonds. The van der Waals surface area contributed by atoms with Gasteiger partial charge in [-0.15, -0.1) is 0 Å². The molecule has 0 fully saturated rings. The molecule has 4 nitrogen and oxygen atoms in total. The topological polar surface area (TPSA) is 50.7 Å². The first kappa shape index (κ1) is 13.8. The molecule has 0 heterocycles. The fourth-order valence-electron chi connectivity index (χ4n) is 1.66. The zero-order valence-corrected chi connectivity index (χ0v) is 11.2. The highest BCUT2D eigenvalue weighted by molar-refractivity contribution is 6.43. The van der Waals surface area contributed by atoms with E-state index in [-0.39, 0.29) is 5.71 Å². The molecule has 0 radical (unpaired) electrons. The van der Waals surface area contributed by atoms with E-state index in [1.807, 2.05) is 60.7 Å². The predicted octanol–water partition coefficient (Wildman–Crippen LogP) is 3.07. The Bertz CT molecular complexity index is 580. The third-order valence-corrected chi connectivity index (χ3v) is 2.59. The van der Waals surface area contributed by atoms with E-state index in [1.54, 1.807) is 6.92 Å². The van der Waals surface area contributed by atoms with Gasteiger partial charge in [0.25, 0.3) is 0 Å². The standard InChI is InChI=1S/C16H16N2O2/c1-2-20-16(19)15(13-9-5-3-6-10-13)18-17-14-11-7-4-8-12-14/h3-12,17H,2H2,1H3/b18-15-. The number of rotatable bonds is 5. The molecule has 0 atom stereocenters. The summed E-state index contributed by atoms with van der Waals surface area (Å²) in [6.45, 7) is 2.08. The highest BCUT2D eigenvalue weighted by Crippen LogP contribution is 2.08. The van der Waals surface area contributed by atoms with Crippen molar-refractivity contribution < 1.29 is 9.53 Å². The van der Waals surface area contributed by atoms with Gasteiger partial charge in [-0.2, -0.15) is 5.10 Å². The number of para-hydroxylation sites is 1. The molecule has 0 aromatic heterocycles. The third kappa shape index (κ3) is 3.68. The minimum absolute atomic E-state index is 0.260. The Labute approximate surface area is 118 Å². The number of hydrogen-bond donors (Lipinski definition) is 1. The molecule has 2 aromatic rings. The molecule has 0 saturated carbocycles. The van der Waals surface area contributed by atoms with Crippen molar-refractivity contribution in [3.05, 3.63) is 66.2 Å². The van der Waals surface area contributed by atoms with Gasteiger partial charge < -0.3 is 4.74 Å². The summed E-state index contributed by atoms with van der Waals surface area (Å²) in [6, 6.07) is 18.7. The van der Waals surface area contributed by atoms with Gasteiger partial charge in [-0.3, -0.25) is 5.43 Å². The molecule has 2 rings (SSSR count). The van der Waals surface area contributed by atoms with Gasteiger partial charge in [-0.25, -0.2) is 4.79 Å². The molecular formula is C16H16N2O2. The van der Waals surface area contributed by atoms with Crippen LogP contribution in [0.1, 0.15) is 12.5 Å². The average Bonchev–Trinajstić information content (AvgIpc) is 2.50. The van der Waals surface area contributed by atoms with Gasteiger partial charge in [0.05, 0.1) is 12.3 Å². The summed E-state index contributed by atoms with van der Waals surface area (Å²) >= 11 is 0. The smallest absolute Gasteiger partial charge is 0.359 e. The second kappa shape index (κ2) is 7.09. The number of anilines is 1. The number of ether oxygens (including phenoxy) is 1. The number of hydrazone groups is 1. The Kier molecular flexibility index (Phi) is 4.89. The van der Waals surface area contributed by atoms with E-state index in [0.29, 0.717) is 6.61 Å². The summed E-state index contributed by atoms with van der Waals surface area (Å²) in [6.07, 6.45) is 0. The fraction of sp³-hybridized carbons (Fsp3) is 0.125. The number of benzene rings is 2. The first-order chi connectivity index (χ1) is 9.81. The molecule has 102 valence electrons. The Hall–Kier alpha value is -2.62. The second-order valence-corrected chi connectivity index (χ2v) is 4.02. The maximum atomic E-state index is 12.0. The normalized spacial score (nSPS) is 10.9. The van der Waals surface area contributed by atoms with Gasteiger partial charge in [0.2, 0.25) is 0 Å². The lowest BCUT2D eigenvalue weighted by atomic mass is 10.1. The summed E-state index contributed by atoms with van der Waals surface area (Å²) in [7, 11) is 0. The van der Waals surface area contributed by atoms with Crippen LogP contribution < -0.4 is 5.43 Å². The number of nitrogens with one attached hydrogen (secondary N) is 1. The van der Waals surface area contributed by atoms with E-state index in [9.17, 15) is 4.79 Å². The Morgan fingerprint density at radius 3 is 2.25 bits per heavy atom. The minimum atomic E-state index is -0.442. The monoisotopic (exact) mass is 268 g/mol.